The maximum atomic E-state index is 11.6. The number of anilines is 1. The third kappa shape index (κ3) is 2.09. The van der Waals surface area contributed by atoms with Crippen LogP contribution >= 0.6 is 0 Å². The lowest BCUT2D eigenvalue weighted by Gasteiger charge is -2.17. The van der Waals surface area contributed by atoms with Crippen LogP contribution in [0, 0.1) is 0 Å². The smallest absolute Gasteiger partial charge is 0.229 e. The fourth-order valence-electron chi connectivity index (χ4n) is 2.17. The molecule has 0 spiro atoms. The van der Waals surface area contributed by atoms with Crippen LogP contribution < -0.4 is 4.90 Å². The Morgan fingerprint density at radius 3 is 2.88 bits per heavy atom. The van der Waals surface area contributed by atoms with Gasteiger partial charge in [-0.3, -0.25) is 4.79 Å². The molecule has 1 aliphatic carbocycles. The lowest BCUT2D eigenvalue weighted by Crippen LogP contribution is -2.26. The maximum Gasteiger partial charge on any atom is 0.229 e. The molecule has 1 aromatic carbocycles. The molecule has 1 amide bonds. The highest BCUT2D eigenvalue weighted by Gasteiger charge is 2.14. The predicted octanol–water partition coefficient (Wildman–Crippen LogP) is 1.52. The van der Waals surface area contributed by atoms with Crippen LogP contribution in [0.15, 0.2) is 18.2 Å². The molecule has 1 aliphatic rings. The van der Waals surface area contributed by atoms with E-state index in [4.69, 9.17) is 5.11 Å². The summed E-state index contributed by atoms with van der Waals surface area (Å²) in [5.74, 6) is -0.0413. The van der Waals surface area contributed by atoms with E-state index in [1.807, 2.05) is 6.07 Å². The fraction of sp³-hybridized carbons (Fsp3) is 0.462. The first-order valence-corrected chi connectivity index (χ1v) is 5.71. The van der Waals surface area contributed by atoms with Gasteiger partial charge in [-0.1, -0.05) is 6.07 Å². The SMILES string of the molecule is CN(C(=O)CCO)c1ccc2c(c1)CCC2. The summed E-state index contributed by atoms with van der Waals surface area (Å²) in [4.78, 5) is 13.2. The van der Waals surface area contributed by atoms with Gasteiger partial charge in [0.05, 0.1) is 13.0 Å². The van der Waals surface area contributed by atoms with E-state index >= 15 is 0 Å². The van der Waals surface area contributed by atoms with Crippen molar-refractivity contribution in [3.05, 3.63) is 29.3 Å². The molecule has 0 saturated heterocycles. The number of hydrogen-bond donors (Lipinski definition) is 1. The van der Waals surface area contributed by atoms with Crippen LogP contribution in [0.25, 0.3) is 0 Å². The molecule has 0 bridgehead atoms. The summed E-state index contributed by atoms with van der Waals surface area (Å²) in [6, 6.07) is 6.19. The number of nitrogens with zero attached hydrogens (tertiary/aromatic N) is 1. The van der Waals surface area contributed by atoms with Crippen LogP contribution in [0.4, 0.5) is 5.69 Å². The number of fused-ring (bicyclic) bond motifs is 1. The Balaban J connectivity index is 2.18. The van der Waals surface area contributed by atoms with Gasteiger partial charge in [0.2, 0.25) is 5.91 Å². The van der Waals surface area contributed by atoms with E-state index in [9.17, 15) is 4.79 Å². The van der Waals surface area contributed by atoms with E-state index in [0.717, 1.165) is 18.5 Å². The van der Waals surface area contributed by atoms with Crippen molar-refractivity contribution in [3.63, 3.8) is 0 Å². The Kier molecular flexibility index (Phi) is 3.25. The minimum Gasteiger partial charge on any atom is -0.396 e. The zero-order chi connectivity index (χ0) is 11.5. The van der Waals surface area contributed by atoms with Gasteiger partial charge in [-0.25, -0.2) is 0 Å². The Bertz CT molecular complexity index is 401. The van der Waals surface area contributed by atoms with Crippen molar-refractivity contribution in [2.45, 2.75) is 25.7 Å². The first-order valence-electron chi connectivity index (χ1n) is 5.71. The molecule has 0 atom stereocenters. The number of aliphatic hydroxyl groups is 1. The predicted molar refractivity (Wildman–Crippen MR) is 63.6 cm³/mol. The normalized spacial score (nSPS) is 13.6. The van der Waals surface area contributed by atoms with Crippen LogP contribution in [-0.2, 0) is 17.6 Å². The number of carbonyl (C=O) groups is 1. The molecule has 0 aliphatic heterocycles. The van der Waals surface area contributed by atoms with Crippen LogP contribution in [0.5, 0.6) is 0 Å². The first-order chi connectivity index (χ1) is 7.72. The van der Waals surface area contributed by atoms with E-state index in [1.165, 1.54) is 17.5 Å². The molecular weight excluding hydrogens is 202 g/mol. The van der Waals surface area contributed by atoms with Gasteiger partial charge in [-0.05, 0) is 42.5 Å². The highest BCUT2D eigenvalue weighted by molar-refractivity contribution is 5.92. The minimum absolute atomic E-state index is 0.0413. The summed E-state index contributed by atoms with van der Waals surface area (Å²) >= 11 is 0. The summed E-state index contributed by atoms with van der Waals surface area (Å²) in [6.07, 6.45) is 3.68. The van der Waals surface area contributed by atoms with Crippen molar-refractivity contribution in [2.24, 2.45) is 0 Å². The highest BCUT2D eigenvalue weighted by Crippen LogP contribution is 2.26. The van der Waals surface area contributed by atoms with E-state index in [1.54, 1.807) is 11.9 Å². The molecule has 0 heterocycles. The number of aliphatic hydroxyl groups excluding tert-OH is 1. The molecule has 2 rings (SSSR count). The molecule has 86 valence electrons. The molecule has 0 unspecified atom stereocenters. The summed E-state index contributed by atoms with van der Waals surface area (Å²) in [7, 11) is 1.76. The summed E-state index contributed by atoms with van der Waals surface area (Å²) in [5, 5.41) is 8.74. The highest BCUT2D eigenvalue weighted by atomic mass is 16.3. The number of benzene rings is 1. The average molecular weight is 219 g/mol. The van der Waals surface area contributed by atoms with Gasteiger partial charge in [0.1, 0.15) is 0 Å². The maximum absolute atomic E-state index is 11.6. The summed E-state index contributed by atoms with van der Waals surface area (Å²) in [6.45, 7) is -0.0892. The zero-order valence-electron chi connectivity index (χ0n) is 9.57. The van der Waals surface area contributed by atoms with Crippen molar-refractivity contribution in [1.82, 2.24) is 0 Å². The van der Waals surface area contributed by atoms with E-state index in [-0.39, 0.29) is 18.9 Å². The number of aryl methyl sites for hydroxylation is 2. The first kappa shape index (κ1) is 11.1. The molecule has 0 fully saturated rings. The van der Waals surface area contributed by atoms with Crippen molar-refractivity contribution < 1.29 is 9.90 Å². The van der Waals surface area contributed by atoms with Gasteiger partial charge in [-0.15, -0.1) is 0 Å². The van der Waals surface area contributed by atoms with Gasteiger partial charge in [0.15, 0.2) is 0 Å². The number of hydrogen-bond acceptors (Lipinski definition) is 2. The lowest BCUT2D eigenvalue weighted by molar-refractivity contribution is -0.118. The van der Waals surface area contributed by atoms with E-state index in [2.05, 4.69) is 12.1 Å². The third-order valence-corrected chi connectivity index (χ3v) is 3.17. The van der Waals surface area contributed by atoms with Gasteiger partial charge < -0.3 is 10.0 Å². The second kappa shape index (κ2) is 4.66. The average Bonchev–Trinajstić information content (AvgIpc) is 2.75. The standard InChI is InChI=1S/C13H17NO2/c1-14(13(16)7-8-15)12-6-5-10-3-2-4-11(10)9-12/h5-6,9,15H,2-4,7-8H2,1H3. The largest absolute Gasteiger partial charge is 0.396 e. The Hall–Kier alpha value is -1.35. The van der Waals surface area contributed by atoms with Gasteiger partial charge in [0.25, 0.3) is 0 Å². The van der Waals surface area contributed by atoms with Crippen molar-refractivity contribution >= 4 is 11.6 Å². The second-order valence-electron chi connectivity index (χ2n) is 4.23. The summed E-state index contributed by atoms with van der Waals surface area (Å²) < 4.78 is 0. The number of carbonyl (C=O) groups excluding carboxylic acids is 1. The monoisotopic (exact) mass is 219 g/mol. The Morgan fingerprint density at radius 1 is 1.38 bits per heavy atom. The minimum atomic E-state index is -0.0892. The molecule has 0 radical (unpaired) electrons. The molecular formula is C13H17NO2. The quantitative estimate of drug-likeness (QED) is 0.837. The molecule has 3 nitrogen and oxygen atoms in total. The fourth-order valence-corrected chi connectivity index (χ4v) is 2.17. The van der Waals surface area contributed by atoms with Crippen molar-refractivity contribution in [1.29, 1.82) is 0 Å². The van der Waals surface area contributed by atoms with Crippen LogP contribution in [0.2, 0.25) is 0 Å². The third-order valence-electron chi connectivity index (χ3n) is 3.17. The van der Waals surface area contributed by atoms with Crippen LogP contribution in [-0.4, -0.2) is 24.7 Å². The van der Waals surface area contributed by atoms with Crippen LogP contribution in [0.1, 0.15) is 24.0 Å². The van der Waals surface area contributed by atoms with Gasteiger partial charge in [-0.2, -0.15) is 0 Å². The molecule has 0 aromatic heterocycles. The van der Waals surface area contributed by atoms with Crippen LogP contribution in [0.3, 0.4) is 0 Å². The molecule has 0 saturated carbocycles. The molecule has 1 N–H and O–H groups in total. The Morgan fingerprint density at radius 2 is 2.12 bits per heavy atom. The van der Waals surface area contributed by atoms with E-state index in [0.29, 0.717) is 0 Å². The molecule has 1 aromatic rings. The van der Waals surface area contributed by atoms with E-state index < -0.39 is 0 Å². The topological polar surface area (TPSA) is 40.5 Å². The lowest BCUT2D eigenvalue weighted by atomic mass is 10.1. The summed E-state index contributed by atoms with van der Waals surface area (Å²) in [5.41, 5.74) is 3.70. The number of amides is 1. The zero-order valence-corrected chi connectivity index (χ0v) is 9.57. The van der Waals surface area contributed by atoms with Gasteiger partial charge in [0, 0.05) is 12.7 Å². The molecule has 16 heavy (non-hydrogen) atoms. The van der Waals surface area contributed by atoms with Crippen molar-refractivity contribution in [2.75, 3.05) is 18.6 Å². The number of rotatable bonds is 3. The van der Waals surface area contributed by atoms with Crippen molar-refractivity contribution in [3.8, 4) is 0 Å². The Labute approximate surface area is 95.7 Å². The van der Waals surface area contributed by atoms with Gasteiger partial charge >= 0.3 is 0 Å². The molecule has 3 heteroatoms. The second-order valence-corrected chi connectivity index (χ2v) is 4.23.